The second-order valence-electron chi connectivity index (χ2n) is 8.47. The van der Waals surface area contributed by atoms with Crippen LogP contribution in [0.2, 0.25) is 10.0 Å². The molecule has 4 aromatic rings. The van der Waals surface area contributed by atoms with Gasteiger partial charge in [-0.05, 0) is 44.4 Å². The first kappa shape index (κ1) is 27.6. The average molecular weight is 581 g/mol. The van der Waals surface area contributed by atoms with Crippen molar-refractivity contribution < 1.29 is 22.3 Å². The van der Waals surface area contributed by atoms with E-state index >= 15 is 4.39 Å². The van der Waals surface area contributed by atoms with E-state index < -0.39 is 21.8 Å². The van der Waals surface area contributed by atoms with Crippen molar-refractivity contribution in [2.24, 2.45) is 0 Å². The number of likely N-dealkylation sites (N-methyl/N-ethyl adjacent to an activating group) is 1. The number of anilines is 2. The lowest BCUT2D eigenvalue weighted by Gasteiger charge is -2.11. The largest absolute Gasteiger partial charge is 0.463 e. The Morgan fingerprint density at radius 2 is 1.97 bits per heavy atom. The summed E-state index contributed by atoms with van der Waals surface area (Å²) in [6.45, 7) is 0.575. The number of fused-ring (bicyclic) bond motifs is 1. The van der Waals surface area contributed by atoms with E-state index in [4.69, 9.17) is 33.7 Å². The zero-order chi connectivity index (χ0) is 27.6. The predicted octanol–water partition coefficient (Wildman–Crippen LogP) is 4.03. The maximum Gasteiger partial charge on any atom is 0.327 e. The first-order valence-electron chi connectivity index (χ1n) is 11.2. The van der Waals surface area contributed by atoms with Crippen LogP contribution in [0.1, 0.15) is 0 Å². The molecule has 14 heteroatoms. The first-order chi connectivity index (χ1) is 18.0. The van der Waals surface area contributed by atoms with Crippen LogP contribution < -0.4 is 10.5 Å². The number of carbonyl (C=O) groups is 1. The molecule has 0 saturated carbocycles. The molecule has 0 radical (unpaired) electrons. The fourth-order valence-electron chi connectivity index (χ4n) is 3.62. The highest BCUT2D eigenvalue weighted by atomic mass is 35.5. The van der Waals surface area contributed by atoms with Crippen molar-refractivity contribution in [3.63, 3.8) is 0 Å². The van der Waals surface area contributed by atoms with Crippen LogP contribution in [0.3, 0.4) is 0 Å². The van der Waals surface area contributed by atoms with E-state index in [0.717, 1.165) is 6.07 Å². The van der Waals surface area contributed by atoms with Gasteiger partial charge >= 0.3 is 5.97 Å². The number of aromatic nitrogens is 3. The summed E-state index contributed by atoms with van der Waals surface area (Å²) >= 11 is 12.0. The van der Waals surface area contributed by atoms with Gasteiger partial charge < -0.3 is 15.4 Å². The number of hydrogen-bond acceptors (Lipinski definition) is 8. The van der Waals surface area contributed by atoms with Crippen molar-refractivity contribution in [1.82, 2.24) is 19.7 Å². The second kappa shape index (κ2) is 11.1. The minimum Gasteiger partial charge on any atom is -0.463 e. The molecule has 0 atom stereocenters. The van der Waals surface area contributed by atoms with Crippen LogP contribution in [0.15, 0.2) is 53.6 Å². The van der Waals surface area contributed by atoms with Gasteiger partial charge in [0.2, 0.25) is 0 Å². The molecule has 2 aromatic carbocycles. The van der Waals surface area contributed by atoms with Crippen LogP contribution in [0.4, 0.5) is 15.9 Å². The van der Waals surface area contributed by atoms with Crippen molar-refractivity contribution >= 4 is 61.6 Å². The number of pyridine rings is 1. The Balaban J connectivity index is 1.65. The lowest BCUT2D eigenvalue weighted by atomic mass is 10.1. The zero-order valence-electron chi connectivity index (χ0n) is 20.3. The highest BCUT2D eigenvalue weighted by Crippen LogP contribution is 2.34. The highest BCUT2D eigenvalue weighted by molar-refractivity contribution is 7.92. The summed E-state index contributed by atoms with van der Waals surface area (Å²) in [7, 11) is -0.521. The summed E-state index contributed by atoms with van der Waals surface area (Å²) in [5.41, 5.74) is 6.83. The Labute approximate surface area is 228 Å². The Bertz CT molecular complexity index is 1630. The molecule has 0 aliphatic rings. The summed E-state index contributed by atoms with van der Waals surface area (Å²) in [5, 5.41) is 4.74. The number of nitrogens with one attached hydrogen (secondary N) is 1. The van der Waals surface area contributed by atoms with E-state index in [1.165, 1.54) is 41.2 Å². The molecule has 0 amide bonds. The first-order valence-corrected chi connectivity index (χ1v) is 13.4. The molecule has 200 valence electrons. The van der Waals surface area contributed by atoms with Gasteiger partial charge in [-0.25, -0.2) is 17.8 Å². The number of sulfonamides is 1. The number of nitrogen functional groups attached to an aromatic ring is 1. The van der Waals surface area contributed by atoms with Gasteiger partial charge in [0.1, 0.15) is 35.4 Å². The number of benzene rings is 2. The van der Waals surface area contributed by atoms with Gasteiger partial charge in [-0.1, -0.05) is 35.3 Å². The molecule has 0 aliphatic heterocycles. The van der Waals surface area contributed by atoms with E-state index in [0.29, 0.717) is 17.4 Å². The quantitative estimate of drug-likeness (QED) is 0.283. The van der Waals surface area contributed by atoms with Gasteiger partial charge in [-0.2, -0.15) is 5.10 Å². The number of rotatable bonds is 9. The minimum atomic E-state index is -4.24. The van der Waals surface area contributed by atoms with Crippen LogP contribution >= 0.6 is 23.2 Å². The Kier molecular flexibility index (Phi) is 8.07. The van der Waals surface area contributed by atoms with Gasteiger partial charge in [0.05, 0.1) is 26.6 Å². The zero-order valence-corrected chi connectivity index (χ0v) is 22.6. The molecule has 0 spiro atoms. The molecule has 2 heterocycles. The molecule has 4 rings (SSSR count). The number of halogens is 3. The molecule has 3 N–H and O–H groups in total. The Morgan fingerprint density at radius 3 is 2.68 bits per heavy atom. The fraction of sp³-hybridized carbons (Fsp3) is 0.208. The van der Waals surface area contributed by atoms with Gasteiger partial charge in [0, 0.05) is 18.3 Å². The van der Waals surface area contributed by atoms with Crippen molar-refractivity contribution in [1.29, 1.82) is 0 Å². The van der Waals surface area contributed by atoms with Crippen molar-refractivity contribution in [2.75, 3.05) is 37.7 Å². The van der Waals surface area contributed by atoms with Crippen molar-refractivity contribution in [3.05, 3.63) is 64.5 Å². The summed E-state index contributed by atoms with van der Waals surface area (Å²) in [5.74, 6) is -1.25. The smallest absolute Gasteiger partial charge is 0.327 e. The molecule has 0 saturated heterocycles. The second-order valence-corrected chi connectivity index (χ2v) is 10.9. The van der Waals surface area contributed by atoms with Crippen LogP contribution in [-0.2, 0) is 26.1 Å². The van der Waals surface area contributed by atoms with Gasteiger partial charge in [0.25, 0.3) is 10.0 Å². The number of ether oxygens (including phenoxy) is 1. The molecule has 0 unspecified atom stereocenters. The number of carbonyl (C=O) groups excluding carboxylic acids is 1. The third-order valence-electron chi connectivity index (χ3n) is 5.47. The fourth-order valence-corrected chi connectivity index (χ4v) is 5.45. The average Bonchev–Trinajstić information content (AvgIpc) is 3.21. The van der Waals surface area contributed by atoms with Gasteiger partial charge in [0.15, 0.2) is 0 Å². The lowest BCUT2D eigenvalue weighted by molar-refractivity contribution is -0.144. The Morgan fingerprint density at radius 1 is 1.21 bits per heavy atom. The van der Waals surface area contributed by atoms with Crippen molar-refractivity contribution in [2.45, 2.75) is 11.4 Å². The van der Waals surface area contributed by atoms with E-state index in [-0.39, 0.29) is 50.9 Å². The van der Waals surface area contributed by atoms with Crippen molar-refractivity contribution in [3.8, 4) is 11.3 Å². The van der Waals surface area contributed by atoms with E-state index in [1.54, 1.807) is 6.07 Å². The number of hydrogen-bond donors (Lipinski definition) is 2. The molecule has 0 aliphatic carbocycles. The maximum atomic E-state index is 15.1. The Hall–Kier alpha value is -3.45. The molecule has 0 bridgehead atoms. The van der Waals surface area contributed by atoms with E-state index in [2.05, 4.69) is 14.8 Å². The molecule has 0 fully saturated rings. The minimum absolute atomic E-state index is 0.0422. The third kappa shape index (κ3) is 5.83. The number of nitrogens with two attached hydrogens (primary N) is 1. The number of nitrogens with zero attached hydrogens (tertiary/aromatic N) is 4. The molecular weight excluding hydrogens is 558 g/mol. The summed E-state index contributed by atoms with van der Waals surface area (Å²) in [6.07, 6.45) is 1.47. The molecule has 2 aromatic heterocycles. The topological polar surface area (TPSA) is 132 Å². The van der Waals surface area contributed by atoms with Crippen LogP contribution in [0, 0.1) is 5.82 Å². The van der Waals surface area contributed by atoms with Crippen LogP contribution in [0.5, 0.6) is 0 Å². The van der Waals surface area contributed by atoms with Gasteiger partial charge in [-0.3, -0.25) is 14.2 Å². The predicted molar refractivity (Wildman–Crippen MR) is 144 cm³/mol. The van der Waals surface area contributed by atoms with Gasteiger partial charge in [-0.15, -0.1) is 0 Å². The molecular formula is C24H23Cl2FN6O4S. The SMILES string of the molecule is CN(C)CCOC(=O)Cn1nc(-c2ccc(NS(=O)(=O)c3cccc(Cl)c3Cl)c(F)c2)c2c(N)nccc21. The lowest BCUT2D eigenvalue weighted by Crippen LogP contribution is -2.22. The molecule has 10 nitrogen and oxygen atoms in total. The normalized spacial score (nSPS) is 11.7. The number of esters is 1. The third-order valence-corrected chi connectivity index (χ3v) is 7.81. The summed E-state index contributed by atoms with van der Waals surface area (Å²) < 4.78 is 49.6. The maximum absolute atomic E-state index is 15.1. The van der Waals surface area contributed by atoms with E-state index in [1.807, 2.05) is 19.0 Å². The monoisotopic (exact) mass is 580 g/mol. The summed E-state index contributed by atoms with van der Waals surface area (Å²) in [6, 6.07) is 9.55. The van der Waals surface area contributed by atoms with Crippen LogP contribution in [-0.4, -0.2) is 61.3 Å². The van der Waals surface area contributed by atoms with E-state index in [9.17, 15) is 13.2 Å². The summed E-state index contributed by atoms with van der Waals surface area (Å²) in [4.78, 5) is 18.0. The molecule has 38 heavy (non-hydrogen) atoms. The highest BCUT2D eigenvalue weighted by Gasteiger charge is 2.23. The van der Waals surface area contributed by atoms with Crippen LogP contribution in [0.25, 0.3) is 22.2 Å². The standard InChI is InChI=1S/C24H23Cl2FN6O4S/c1-32(2)10-11-37-20(34)13-33-18-8-9-29-24(28)21(18)23(30-33)14-6-7-17(16(27)12-14)31-38(35,36)19-5-3-4-15(25)22(19)26/h3-9,12,31H,10-11,13H2,1-2H3,(H2,28,29).